The van der Waals surface area contributed by atoms with Gasteiger partial charge in [-0.25, -0.2) is 9.79 Å². The fourth-order valence-corrected chi connectivity index (χ4v) is 4.70. The number of carbonyl (C=O) groups excluding carboxylic acids is 2. The van der Waals surface area contributed by atoms with Gasteiger partial charge in [0.05, 0.1) is 29.9 Å². The fourth-order valence-electron chi connectivity index (χ4n) is 3.45. The Bertz CT molecular complexity index is 1350. The Kier molecular flexibility index (Phi) is 8.68. The van der Waals surface area contributed by atoms with E-state index in [1.54, 1.807) is 31.3 Å². The van der Waals surface area contributed by atoms with Crippen molar-refractivity contribution in [3.8, 4) is 11.5 Å². The van der Waals surface area contributed by atoms with E-state index >= 15 is 0 Å². The summed E-state index contributed by atoms with van der Waals surface area (Å²) in [5, 5.41) is 0.543. The number of carbonyl (C=O) groups is 2. The topological polar surface area (TPSA) is 77.4 Å². The van der Waals surface area contributed by atoms with Crippen LogP contribution in [0.25, 0.3) is 6.08 Å². The van der Waals surface area contributed by atoms with Gasteiger partial charge in [0, 0.05) is 11.5 Å². The minimum atomic E-state index is -0.414. The zero-order chi connectivity index (χ0) is 26.4. The minimum absolute atomic E-state index is 0.150. The second-order valence-electron chi connectivity index (χ2n) is 7.96. The average Bonchev–Trinajstić information content (AvgIpc) is 3.17. The maximum Gasteiger partial charge on any atom is 0.337 e. The largest absolute Gasteiger partial charge is 0.490 e. The first-order valence-electron chi connectivity index (χ1n) is 11.5. The molecule has 0 N–H and O–H groups in total. The molecule has 3 aromatic carbocycles. The number of nitrogens with zero attached hydrogens (tertiary/aromatic N) is 2. The summed E-state index contributed by atoms with van der Waals surface area (Å²) in [7, 11) is 3.02. The van der Waals surface area contributed by atoms with Gasteiger partial charge >= 0.3 is 5.97 Å². The lowest BCUT2D eigenvalue weighted by Crippen LogP contribution is -2.23. The van der Waals surface area contributed by atoms with Gasteiger partial charge in [0.2, 0.25) is 0 Å². The fraction of sp³-hybridized carbons (Fsp3) is 0.179. The molecule has 0 saturated carbocycles. The van der Waals surface area contributed by atoms with Crippen LogP contribution >= 0.6 is 27.7 Å². The van der Waals surface area contributed by atoms with Gasteiger partial charge in [-0.15, -0.1) is 0 Å². The number of rotatable bonds is 8. The summed E-state index contributed by atoms with van der Waals surface area (Å²) in [6, 6.07) is 20.2. The first kappa shape index (κ1) is 26.5. The number of aliphatic imine (C=N–C) groups is 1. The molecule has 1 amide bonds. The van der Waals surface area contributed by atoms with Crippen LogP contribution in [0.4, 0.5) is 5.69 Å². The quantitative estimate of drug-likeness (QED) is 0.225. The van der Waals surface area contributed by atoms with E-state index in [0.717, 1.165) is 15.6 Å². The molecule has 7 nitrogen and oxygen atoms in total. The number of amidine groups is 1. The third-order valence-electron chi connectivity index (χ3n) is 5.39. The molecule has 0 unspecified atom stereocenters. The van der Waals surface area contributed by atoms with E-state index in [4.69, 9.17) is 14.2 Å². The molecule has 0 atom stereocenters. The van der Waals surface area contributed by atoms with E-state index in [2.05, 4.69) is 20.9 Å². The van der Waals surface area contributed by atoms with Crippen LogP contribution in [-0.4, -0.2) is 42.7 Å². The van der Waals surface area contributed by atoms with Crippen molar-refractivity contribution in [1.82, 2.24) is 4.90 Å². The molecule has 9 heteroatoms. The minimum Gasteiger partial charge on any atom is -0.490 e. The molecule has 0 aromatic heterocycles. The molecule has 0 radical (unpaired) electrons. The van der Waals surface area contributed by atoms with Crippen LogP contribution < -0.4 is 9.47 Å². The Balaban J connectivity index is 1.51. The molecular formula is C28H25BrN2O5S. The number of hydrogen-bond donors (Lipinski definition) is 0. The number of ether oxygens (including phenoxy) is 3. The normalized spacial score (nSPS) is 15.4. The molecule has 0 aliphatic carbocycles. The molecule has 1 aliphatic rings. The summed E-state index contributed by atoms with van der Waals surface area (Å²) >= 11 is 4.72. The van der Waals surface area contributed by atoms with Gasteiger partial charge in [0.15, 0.2) is 16.7 Å². The van der Waals surface area contributed by atoms with Gasteiger partial charge in [-0.3, -0.25) is 9.69 Å². The Morgan fingerprint density at radius 1 is 1.03 bits per heavy atom. The zero-order valence-electron chi connectivity index (χ0n) is 20.6. The molecule has 1 fully saturated rings. The highest BCUT2D eigenvalue weighted by Gasteiger charge is 2.30. The second-order valence-corrected chi connectivity index (χ2v) is 9.89. The molecule has 37 heavy (non-hydrogen) atoms. The Morgan fingerprint density at radius 3 is 2.43 bits per heavy atom. The van der Waals surface area contributed by atoms with E-state index in [1.165, 1.54) is 23.8 Å². The lowest BCUT2D eigenvalue weighted by molar-refractivity contribution is -0.121. The summed E-state index contributed by atoms with van der Waals surface area (Å²) in [4.78, 5) is 31.1. The van der Waals surface area contributed by atoms with Crippen LogP contribution in [0.2, 0.25) is 0 Å². The van der Waals surface area contributed by atoms with Crippen molar-refractivity contribution < 1.29 is 23.8 Å². The third kappa shape index (κ3) is 6.61. The van der Waals surface area contributed by atoms with E-state index in [-0.39, 0.29) is 5.91 Å². The first-order chi connectivity index (χ1) is 17.9. The highest BCUT2D eigenvalue weighted by Crippen LogP contribution is 2.35. The monoisotopic (exact) mass is 580 g/mol. The van der Waals surface area contributed by atoms with Gasteiger partial charge in [-0.2, -0.15) is 0 Å². The van der Waals surface area contributed by atoms with Crippen molar-refractivity contribution in [3.63, 3.8) is 0 Å². The van der Waals surface area contributed by atoms with Crippen molar-refractivity contribution in [3.05, 3.63) is 92.8 Å². The van der Waals surface area contributed by atoms with Crippen molar-refractivity contribution in [1.29, 1.82) is 0 Å². The van der Waals surface area contributed by atoms with E-state index in [1.807, 2.05) is 55.5 Å². The van der Waals surface area contributed by atoms with Crippen molar-refractivity contribution >= 4 is 56.5 Å². The van der Waals surface area contributed by atoms with Crippen LogP contribution in [0.3, 0.4) is 0 Å². The average molecular weight is 581 g/mol. The van der Waals surface area contributed by atoms with Crippen molar-refractivity contribution in [2.75, 3.05) is 20.8 Å². The summed E-state index contributed by atoms with van der Waals surface area (Å²) < 4.78 is 17.5. The van der Waals surface area contributed by atoms with Gasteiger partial charge in [0.25, 0.3) is 5.91 Å². The predicted octanol–water partition coefficient (Wildman–Crippen LogP) is 6.45. The van der Waals surface area contributed by atoms with Gasteiger partial charge < -0.3 is 14.2 Å². The smallest absolute Gasteiger partial charge is 0.337 e. The lowest BCUT2D eigenvalue weighted by Gasteiger charge is -2.13. The number of benzene rings is 3. The molecule has 1 aliphatic heterocycles. The summed E-state index contributed by atoms with van der Waals surface area (Å²) in [6.07, 6.45) is 1.81. The number of amides is 1. The van der Waals surface area contributed by atoms with E-state index < -0.39 is 5.97 Å². The van der Waals surface area contributed by atoms with Gasteiger partial charge in [0.1, 0.15) is 6.61 Å². The maximum absolute atomic E-state index is 12.9. The standard InChI is InChI=1S/C28H25BrN2O5S/c1-4-35-24-15-19(7-14-23(24)36-17-18-5-10-21(29)11-6-18)16-25-26(32)31(2)28(37-25)30-22-12-8-20(9-13-22)27(33)34-3/h5-16H,4,17H2,1-3H3. The summed E-state index contributed by atoms with van der Waals surface area (Å²) in [6.45, 7) is 2.80. The van der Waals surface area contributed by atoms with E-state index in [9.17, 15) is 9.59 Å². The summed E-state index contributed by atoms with van der Waals surface area (Å²) in [5.41, 5.74) is 2.92. The molecular weight excluding hydrogens is 556 g/mol. The Hall–Kier alpha value is -3.56. The number of methoxy groups -OCH3 is 1. The lowest BCUT2D eigenvalue weighted by atomic mass is 10.1. The molecule has 4 rings (SSSR count). The van der Waals surface area contributed by atoms with Gasteiger partial charge in [-0.1, -0.05) is 34.1 Å². The van der Waals surface area contributed by atoms with Crippen LogP contribution in [-0.2, 0) is 16.1 Å². The van der Waals surface area contributed by atoms with Crippen molar-refractivity contribution in [2.45, 2.75) is 13.5 Å². The first-order valence-corrected chi connectivity index (χ1v) is 13.1. The zero-order valence-corrected chi connectivity index (χ0v) is 23.0. The number of halogens is 1. The Labute approximate surface area is 228 Å². The summed E-state index contributed by atoms with van der Waals surface area (Å²) in [5.74, 6) is 0.677. The highest BCUT2D eigenvalue weighted by atomic mass is 79.9. The molecule has 0 bridgehead atoms. The molecule has 190 valence electrons. The van der Waals surface area contributed by atoms with Crippen LogP contribution in [0, 0.1) is 0 Å². The number of hydrogen-bond acceptors (Lipinski definition) is 7. The highest BCUT2D eigenvalue weighted by molar-refractivity contribution is 9.10. The molecule has 1 saturated heterocycles. The SMILES string of the molecule is CCOc1cc(C=C2SC(=Nc3ccc(C(=O)OC)cc3)N(C)C2=O)ccc1OCc1ccc(Br)cc1. The van der Waals surface area contributed by atoms with Crippen LogP contribution in [0.1, 0.15) is 28.4 Å². The number of likely N-dealkylation sites (N-methyl/N-ethyl adjacent to an activating group) is 1. The number of esters is 1. The van der Waals surface area contributed by atoms with Crippen molar-refractivity contribution in [2.24, 2.45) is 4.99 Å². The van der Waals surface area contributed by atoms with Crippen LogP contribution in [0.15, 0.2) is 81.1 Å². The predicted molar refractivity (Wildman–Crippen MR) is 149 cm³/mol. The molecule has 1 heterocycles. The second kappa shape index (κ2) is 12.1. The Morgan fingerprint density at radius 2 is 1.76 bits per heavy atom. The van der Waals surface area contributed by atoms with E-state index in [0.29, 0.717) is 46.0 Å². The molecule has 3 aromatic rings. The third-order valence-corrected chi connectivity index (χ3v) is 6.98. The molecule has 0 spiro atoms. The number of thioether (sulfide) groups is 1. The van der Waals surface area contributed by atoms with Gasteiger partial charge in [-0.05, 0) is 84.4 Å². The van der Waals surface area contributed by atoms with Crippen LogP contribution in [0.5, 0.6) is 11.5 Å². The maximum atomic E-state index is 12.9.